The van der Waals surface area contributed by atoms with Crippen molar-refractivity contribution in [2.75, 3.05) is 0 Å². The second kappa shape index (κ2) is 3.16. The number of hydrogen-bond acceptors (Lipinski definition) is 1. The van der Waals surface area contributed by atoms with Crippen LogP contribution < -0.4 is 0 Å². The Morgan fingerprint density at radius 2 is 2.10 bits per heavy atom. The van der Waals surface area contributed by atoms with Crippen LogP contribution in [0.1, 0.15) is 5.56 Å². The Balaban J connectivity index is 3.34. The van der Waals surface area contributed by atoms with Gasteiger partial charge in [-0.25, -0.2) is 0 Å². The van der Waals surface area contributed by atoms with Crippen LogP contribution in [-0.2, 0) is 0 Å². The Morgan fingerprint density at radius 3 is 2.60 bits per heavy atom. The zero-order chi connectivity index (χ0) is 7.72. The highest BCUT2D eigenvalue weighted by Crippen LogP contribution is 2.29. The monoisotopic (exact) mass is 236 g/mol. The molecule has 0 saturated carbocycles. The van der Waals surface area contributed by atoms with Gasteiger partial charge in [-0.15, -0.1) is 12.6 Å². The lowest BCUT2D eigenvalue weighted by molar-refractivity contribution is 1.30. The summed E-state index contributed by atoms with van der Waals surface area (Å²) in [5.41, 5.74) is 1.01. The summed E-state index contributed by atoms with van der Waals surface area (Å²) < 4.78 is 0.921. The normalized spacial score (nSPS) is 10.0. The summed E-state index contributed by atoms with van der Waals surface area (Å²) in [5, 5.41) is 0.743. The van der Waals surface area contributed by atoms with Crippen LogP contribution in [-0.4, -0.2) is 0 Å². The number of halogens is 2. The molecule has 0 radical (unpaired) electrons. The molecule has 0 aliphatic carbocycles. The van der Waals surface area contributed by atoms with E-state index < -0.39 is 0 Å². The lowest BCUT2D eigenvalue weighted by atomic mass is 10.2. The van der Waals surface area contributed by atoms with Crippen LogP contribution in [0.2, 0.25) is 5.02 Å². The van der Waals surface area contributed by atoms with Gasteiger partial charge in [0.15, 0.2) is 0 Å². The van der Waals surface area contributed by atoms with Crippen LogP contribution in [0.5, 0.6) is 0 Å². The van der Waals surface area contributed by atoms with E-state index in [0.29, 0.717) is 0 Å². The average Bonchev–Trinajstić information content (AvgIpc) is 1.93. The second-order valence-electron chi connectivity index (χ2n) is 2.01. The fraction of sp³-hybridized carbons (Fsp3) is 0.143. The highest BCUT2D eigenvalue weighted by Gasteiger charge is 2.01. The van der Waals surface area contributed by atoms with Crippen molar-refractivity contribution < 1.29 is 0 Å². The molecule has 0 N–H and O–H groups in total. The van der Waals surface area contributed by atoms with E-state index >= 15 is 0 Å². The van der Waals surface area contributed by atoms with Crippen LogP contribution in [0.25, 0.3) is 0 Å². The van der Waals surface area contributed by atoms with Gasteiger partial charge in [0.1, 0.15) is 0 Å². The summed E-state index contributed by atoms with van der Waals surface area (Å²) in [5.74, 6) is 0. The summed E-state index contributed by atoms with van der Waals surface area (Å²) in [7, 11) is 0. The van der Waals surface area contributed by atoms with Gasteiger partial charge in [-0.1, -0.05) is 11.6 Å². The zero-order valence-electron chi connectivity index (χ0n) is 5.36. The van der Waals surface area contributed by atoms with E-state index in [9.17, 15) is 0 Å². The number of thiol groups is 1. The molecule has 0 saturated heterocycles. The van der Waals surface area contributed by atoms with Crippen molar-refractivity contribution >= 4 is 40.2 Å². The molecule has 1 rings (SSSR count). The van der Waals surface area contributed by atoms with Crippen molar-refractivity contribution in [1.29, 1.82) is 0 Å². The van der Waals surface area contributed by atoms with Gasteiger partial charge in [-0.3, -0.25) is 0 Å². The van der Waals surface area contributed by atoms with Crippen LogP contribution >= 0.6 is 40.2 Å². The Kier molecular flexibility index (Phi) is 2.67. The largest absolute Gasteiger partial charge is 0.143 e. The lowest BCUT2D eigenvalue weighted by Crippen LogP contribution is -1.78. The van der Waals surface area contributed by atoms with Gasteiger partial charge in [-0.05, 0) is 40.5 Å². The Morgan fingerprint density at radius 1 is 1.50 bits per heavy atom. The lowest BCUT2D eigenvalue weighted by Gasteiger charge is -2.02. The third kappa shape index (κ3) is 1.49. The van der Waals surface area contributed by atoms with Gasteiger partial charge in [-0.2, -0.15) is 0 Å². The van der Waals surface area contributed by atoms with E-state index in [1.165, 1.54) is 0 Å². The molecule has 0 aliphatic heterocycles. The predicted molar refractivity (Wildman–Crippen MR) is 51.1 cm³/mol. The minimum absolute atomic E-state index is 0.743. The maximum atomic E-state index is 5.89. The van der Waals surface area contributed by atoms with E-state index in [4.69, 9.17) is 11.6 Å². The summed E-state index contributed by atoms with van der Waals surface area (Å²) >= 11 is 13.4. The van der Waals surface area contributed by atoms with Crippen molar-refractivity contribution in [3.8, 4) is 0 Å². The maximum absolute atomic E-state index is 5.89. The minimum Gasteiger partial charge on any atom is -0.143 e. The third-order valence-corrected chi connectivity index (χ3v) is 3.17. The van der Waals surface area contributed by atoms with Crippen molar-refractivity contribution in [2.45, 2.75) is 11.8 Å². The quantitative estimate of drug-likeness (QED) is 0.654. The van der Waals surface area contributed by atoms with E-state index in [-0.39, 0.29) is 0 Å². The highest BCUT2D eigenvalue weighted by atomic mass is 79.9. The van der Waals surface area contributed by atoms with Gasteiger partial charge in [0.25, 0.3) is 0 Å². The van der Waals surface area contributed by atoms with Crippen LogP contribution in [0, 0.1) is 6.92 Å². The SMILES string of the molecule is Cc1c(S)ccc(Br)c1Cl. The van der Waals surface area contributed by atoms with Gasteiger partial charge in [0.2, 0.25) is 0 Å². The van der Waals surface area contributed by atoms with Crippen molar-refractivity contribution in [2.24, 2.45) is 0 Å². The van der Waals surface area contributed by atoms with E-state index in [2.05, 4.69) is 28.6 Å². The number of hydrogen-bond donors (Lipinski definition) is 1. The molecule has 0 unspecified atom stereocenters. The molecule has 0 heterocycles. The molecule has 1 aromatic carbocycles. The standard InChI is InChI=1S/C7H6BrClS/c1-4-6(10)3-2-5(8)7(4)9/h2-3,10H,1H3. The topological polar surface area (TPSA) is 0 Å². The molecule has 3 heteroatoms. The smallest absolute Gasteiger partial charge is 0.0588 e. The molecule has 0 bridgehead atoms. The van der Waals surface area contributed by atoms with E-state index in [1.54, 1.807) is 0 Å². The van der Waals surface area contributed by atoms with Crippen molar-refractivity contribution in [1.82, 2.24) is 0 Å². The summed E-state index contributed by atoms with van der Waals surface area (Å²) in [6, 6.07) is 3.80. The number of benzene rings is 1. The molecular formula is C7H6BrClS. The summed E-state index contributed by atoms with van der Waals surface area (Å²) in [6.07, 6.45) is 0. The average molecular weight is 238 g/mol. The Hall–Kier alpha value is 0.340. The molecule has 1 aromatic rings. The van der Waals surface area contributed by atoms with Gasteiger partial charge in [0, 0.05) is 9.37 Å². The second-order valence-corrected chi connectivity index (χ2v) is 3.72. The first-order valence-electron chi connectivity index (χ1n) is 2.76. The molecule has 0 aromatic heterocycles. The van der Waals surface area contributed by atoms with Gasteiger partial charge >= 0.3 is 0 Å². The number of rotatable bonds is 0. The summed E-state index contributed by atoms with van der Waals surface area (Å²) in [6.45, 7) is 1.94. The summed E-state index contributed by atoms with van der Waals surface area (Å²) in [4.78, 5) is 0.924. The third-order valence-electron chi connectivity index (χ3n) is 1.31. The molecule has 10 heavy (non-hydrogen) atoms. The fourth-order valence-electron chi connectivity index (χ4n) is 0.642. The zero-order valence-corrected chi connectivity index (χ0v) is 8.59. The van der Waals surface area contributed by atoms with Crippen molar-refractivity contribution in [3.63, 3.8) is 0 Å². The molecular weight excluding hydrogens is 232 g/mol. The molecule has 0 fully saturated rings. The molecule has 0 nitrogen and oxygen atoms in total. The van der Waals surface area contributed by atoms with Gasteiger partial charge in [0.05, 0.1) is 5.02 Å². The van der Waals surface area contributed by atoms with E-state index in [1.807, 2.05) is 19.1 Å². The Bertz CT molecular complexity index is 233. The Labute approximate surface area is 79.1 Å². The predicted octanol–water partition coefficient (Wildman–Crippen LogP) is 3.70. The first kappa shape index (κ1) is 8.44. The van der Waals surface area contributed by atoms with Gasteiger partial charge < -0.3 is 0 Å². The first-order chi connectivity index (χ1) is 4.63. The molecule has 0 atom stereocenters. The van der Waals surface area contributed by atoms with Crippen LogP contribution in [0.3, 0.4) is 0 Å². The maximum Gasteiger partial charge on any atom is 0.0588 e. The highest BCUT2D eigenvalue weighted by molar-refractivity contribution is 9.10. The van der Waals surface area contributed by atoms with Crippen LogP contribution in [0.15, 0.2) is 21.5 Å². The van der Waals surface area contributed by atoms with E-state index in [0.717, 1.165) is 20.0 Å². The molecule has 0 amide bonds. The molecule has 0 spiro atoms. The molecule has 0 aliphatic rings. The minimum atomic E-state index is 0.743. The fourth-order valence-corrected chi connectivity index (χ4v) is 1.49. The molecule has 54 valence electrons. The van der Waals surface area contributed by atoms with Crippen LogP contribution in [0.4, 0.5) is 0 Å². The van der Waals surface area contributed by atoms with Crippen molar-refractivity contribution in [3.05, 3.63) is 27.2 Å². The first-order valence-corrected chi connectivity index (χ1v) is 4.38.